The maximum absolute atomic E-state index is 5.36. The van der Waals surface area contributed by atoms with E-state index < -0.39 is 0 Å². The monoisotopic (exact) mass is 224 g/mol. The molecule has 0 aliphatic carbocycles. The molecule has 2 aromatic carbocycles. The number of hydrogen-bond donors (Lipinski definition) is 1. The molecule has 3 aromatic rings. The van der Waals surface area contributed by atoms with Gasteiger partial charge in [-0.25, -0.2) is 0 Å². The summed E-state index contributed by atoms with van der Waals surface area (Å²) in [5.74, 6) is 0.838. The van der Waals surface area contributed by atoms with Gasteiger partial charge in [0.05, 0.1) is 12.6 Å². The molecule has 0 aliphatic heterocycles. The van der Waals surface area contributed by atoms with Crippen LogP contribution in [0, 0.1) is 0 Å². The minimum Gasteiger partial charge on any atom is -0.496 e. The largest absolute Gasteiger partial charge is 0.496 e. The molecule has 17 heavy (non-hydrogen) atoms. The second-order valence-electron chi connectivity index (χ2n) is 3.82. The van der Waals surface area contributed by atoms with E-state index in [0.717, 1.165) is 27.9 Å². The third-order valence-electron chi connectivity index (χ3n) is 2.83. The molecule has 0 amide bonds. The fourth-order valence-corrected chi connectivity index (χ4v) is 2.01. The highest BCUT2D eigenvalue weighted by molar-refractivity contribution is 5.94. The maximum Gasteiger partial charge on any atom is 0.128 e. The Labute approximate surface area is 99.0 Å². The number of methoxy groups -OCH3 is 1. The quantitative estimate of drug-likeness (QED) is 0.725. The van der Waals surface area contributed by atoms with E-state index in [1.165, 1.54) is 0 Å². The number of H-pyrrole nitrogens is 1. The van der Waals surface area contributed by atoms with Crippen LogP contribution in [0.1, 0.15) is 0 Å². The number of aromatic nitrogens is 2. The Morgan fingerprint density at radius 2 is 1.76 bits per heavy atom. The molecule has 0 fully saturated rings. The van der Waals surface area contributed by atoms with Crippen LogP contribution in [0.2, 0.25) is 0 Å². The van der Waals surface area contributed by atoms with Gasteiger partial charge in [0.25, 0.3) is 0 Å². The van der Waals surface area contributed by atoms with E-state index in [-0.39, 0.29) is 0 Å². The van der Waals surface area contributed by atoms with Crippen molar-refractivity contribution in [2.75, 3.05) is 7.11 Å². The van der Waals surface area contributed by atoms with E-state index in [4.69, 9.17) is 4.74 Å². The van der Waals surface area contributed by atoms with Crippen molar-refractivity contribution in [3.63, 3.8) is 0 Å². The summed E-state index contributed by atoms with van der Waals surface area (Å²) in [5.41, 5.74) is 2.97. The van der Waals surface area contributed by atoms with Crippen LogP contribution in [-0.2, 0) is 0 Å². The van der Waals surface area contributed by atoms with E-state index in [0.29, 0.717) is 0 Å². The van der Waals surface area contributed by atoms with Crippen molar-refractivity contribution in [2.45, 2.75) is 0 Å². The van der Waals surface area contributed by atoms with Crippen molar-refractivity contribution in [3.05, 3.63) is 48.5 Å². The summed E-state index contributed by atoms with van der Waals surface area (Å²) in [6.07, 6.45) is 0. The zero-order chi connectivity index (χ0) is 11.7. The third-order valence-corrected chi connectivity index (χ3v) is 2.83. The molecular formula is C14H12N2O. The normalized spacial score (nSPS) is 10.6. The van der Waals surface area contributed by atoms with Crippen LogP contribution >= 0.6 is 0 Å². The Kier molecular flexibility index (Phi) is 2.29. The second kappa shape index (κ2) is 3.94. The number of rotatable bonds is 2. The Hall–Kier alpha value is -2.29. The zero-order valence-electron chi connectivity index (χ0n) is 9.47. The average Bonchev–Trinajstić information content (AvgIpc) is 2.82. The highest BCUT2D eigenvalue weighted by Crippen LogP contribution is 2.32. The Morgan fingerprint density at radius 1 is 1.00 bits per heavy atom. The van der Waals surface area contributed by atoms with Crippen LogP contribution in [0.5, 0.6) is 5.75 Å². The number of aromatic amines is 1. The molecule has 3 rings (SSSR count). The predicted octanol–water partition coefficient (Wildman–Crippen LogP) is 3.24. The van der Waals surface area contributed by atoms with Gasteiger partial charge in [-0.3, -0.25) is 5.10 Å². The summed E-state index contributed by atoms with van der Waals surface area (Å²) in [7, 11) is 1.67. The Bertz CT molecular complexity index is 658. The van der Waals surface area contributed by atoms with Crippen LogP contribution in [0.25, 0.3) is 22.2 Å². The van der Waals surface area contributed by atoms with Crippen molar-refractivity contribution < 1.29 is 4.74 Å². The molecule has 3 heteroatoms. The first-order valence-corrected chi connectivity index (χ1v) is 5.46. The van der Waals surface area contributed by atoms with Gasteiger partial charge in [0.1, 0.15) is 11.4 Å². The van der Waals surface area contributed by atoms with Crippen LogP contribution in [0.4, 0.5) is 0 Å². The minimum atomic E-state index is 0.838. The molecular weight excluding hydrogens is 212 g/mol. The lowest BCUT2D eigenvalue weighted by atomic mass is 10.1. The smallest absolute Gasteiger partial charge is 0.128 e. The first kappa shape index (κ1) is 9.90. The molecule has 0 saturated heterocycles. The second-order valence-corrected chi connectivity index (χ2v) is 3.82. The number of benzene rings is 2. The van der Waals surface area contributed by atoms with Gasteiger partial charge >= 0.3 is 0 Å². The van der Waals surface area contributed by atoms with Gasteiger partial charge in [0, 0.05) is 10.9 Å². The molecule has 1 heterocycles. The molecule has 0 unspecified atom stereocenters. The van der Waals surface area contributed by atoms with Gasteiger partial charge in [-0.05, 0) is 18.2 Å². The van der Waals surface area contributed by atoms with Gasteiger partial charge in [-0.2, -0.15) is 5.10 Å². The predicted molar refractivity (Wildman–Crippen MR) is 68.1 cm³/mol. The zero-order valence-corrected chi connectivity index (χ0v) is 9.47. The summed E-state index contributed by atoms with van der Waals surface area (Å²) < 4.78 is 5.36. The summed E-state index contributed by atoms with van der Waals surface area (Å²) in [4.78, 5) is 0. The minimum absolute atomic E-state index is 0.838. The van der Waals surface area contributed by atoms with Gasteiger partial charge < -0.3 is 4.74 Å². The SMILES string of the molecule is COc1ccccc1-c1n[nH]c2ccccc12. The average molecular weight is 224 g/mol. The summed E-state index contributed by atoms with van der Waals surface area (Å²) in [6, 6.07) is 16.0. The van der Waals surface area contributed by atoms with Crippen molar-refractivity contribution in [1.29, 1.82) is 0 Å². The lowest BCUT2D eigenvalue weighted by Gasteiger charge is -2.05. The van der Waals surface area contributed by atoms with E-state index in [9.17, 15) is 0 Å². The van der Waals surface area contributed by atoms with Gasteiger partial charge in [-0.1, -0.05) is 30.3 Å². The summed E-state index contributed by atoms with van der Waals surface area (Å²) in [6.45, 7) is 0. The number of fused-ring (bicyclic) bond motifs is 1. The van der Waals surface area contributed by atoms with Gasteiger partial charge in [-0.15, -0.1) is 0 Å². The Morgan fingerprint density at radius 3 is 2.65 bits per heavy atom. The topological polar surface area (TPSA) is 37.9 Å². The Balaban J connectivity index is 2.27. The van der Waals surface area contributed by atoms with Gasteiger partial charge in [0.15, 0.2) is 0 Å². The molecule has 0 aliphatic rings. The van der Waals surface area contributed by atoms with E-state index in [1.807, 2.05) is 42.5 Å². The fraction of sp³-hybridized carbons (Fsp3) is 0.0714. The first-order chi connectivity index (χ1) is 8.40. The number of nitrogens with one attached hydrogen (secondary N) is 1. The lowest BCUT2D eigenvalue weighted by molar-refractivity contribution is 0.416. The molecule has 1 aromatic heterocycles. The van der Waals surface area contributed by atoms with Crippen molar-refractivity contribution >= 4 is 10.9 Å². The standard InChI is InChI=1S/C14H12N2O/c1-17-13-9-5-3-7-11(13)14-10-6-2-4-8-12(10)15-16-14/h2-9H,1H3,(H,15,16). The molecule has 0 atom stereocenters. The maximum atomic E-state index is 5.36. The summed E-state index contributed by atoms with van der Waals surface area (Å²) in [5, 5.41) is 8.51. The van der Waals surface area contributed by atoms with Crippen molar-refractivity contribution in [2.24, 2.45) is 0 Å². The summed E-state index contributed by atoms with van der Waals surface area (Å²) >= 11 is 0. The van der Waals surface area contributed by atoms with Crippen molar-refractivity contribution in [3.8, 4) is 17.0 Å². The third kappa shape index (κ3) is 1.56. The van der Waals surface area contributed by atoms with Crippen LogP contribution < -0.4 is 4.74 Å². The number of nitrogens with zero attached hydrogens (tertiary/aromatic N) is 1. The molecule has 0 radical (unpaired) electrons. The van der Waals surface area contributed by atoms with Gasteiger partial charge in [0.2, 0.25) is 0 Å². The lowest BCUT2D eigenvalue weighted by Crippen LogP contribution is -1.87. The van der Waals surface area contributed by atoms with E-state index >= 15 is 0 Å². The molecule has 0 saturated carbocycles. The van der Waals surface area contributed by atoms with E-state index in [1.54, 1.807) is 7.11 Å². The molecule has 84 valence electrons. The molecule has 0 spiro atoms. The number of ether oxygens (including phenoxy) is 1. The number of hydrogen-bond acceptors (Lipinski definition) is 2. The number of para-hydroxylation sites is 2. The highest BCUT2D eigenvalue weighted by atomic mass is 16.5. The molecule has 1 N–H and O–H groups in total. The molecule has 0 bridgehead atoms. The van der Waals surface area contributed by atoms with Crippen LogP contribution in [-0.4, -0.2) is 17.3 Å². The highest BCUT2D eigenvalue weighted by Gasteiger charge is 2.11. The fourth-order valence-electron chi connectivity index (χ4n) is 2.01. The van der Waals surface area contributed by atoms with Crippen LogP contribution in [0.3, 0.4) is 0 Å². The van der Waals surface area contributed by atoms with E-state index in [2.05, 4.69) is 16.3 Å². The van der Waals surface area contributed by atoms with Crippen molar-refractivity contribution in [1.82, 2.24) is 10.2 Å². The molecule has 3 nitrogen and oxygen atoms in total. The first-order valence-electron chi connectivity index (χ1n) is 5.46. The van der Waals surface area contributed by atoms with Crippen LogP contribution in [0.15, 0.2) is 48.5 Å².